The van der Waals surface area contributed by atoms with E-state index in [0.29, 0.717) is 12.8 Å². The highest BCUT2D eigenvalue weighted by molar-refractivity contribution is 5.24. The Morgan fingerprint density at radius 2 is 2.00 bits per heavy atom. The number of aliphatic hydroxyl groups is 1. The third kappa shape index (κ3) is 2.29. The Hall–Kier alpha value is -0.960. The third-order valence-corrected chi connectivity index (χ3v) is 2.25. The van der Waals surface area contributed by atoms with Gasteiger partial charge in [-0.1, -0.05) is 13.3 Å². The molecule has 3 heteroatoms. The summed E-state index contributed by atoms with van der Waals surface area (Å²) >= 11 is 0. The van der Waals surface area contributed by atoms with E-state index in [0.717, 1.165) is 18.2 Å². The van der Waals surface area contributed by atoms with Crippen molar-refractivity contribution in [2.75, 3.05) is 0 Å². The molecule has 0 saturated carbocycles. The SMILES string of the molecule is CCCC(C)(O)c1cc(F)ccc1F. The maximum absolute atomic E-state index is 13.3. The van der Waals surface area contributed by atoms with Crippen LogP contribution in [0.15, 0.2) is 18.2 Å². The molecule has 0 bridgehead atoms. The van der Waals surface area contributed by atoms with E-state index in [9.17, 15) is 13.9 Å². The molecule has 1 nitrogen and oxygen atoms in total. The predicted molar refractivity (Wildman–Crippen MR) is 50.8 cm³/mol. The maximum atomic E-state index is 13.3. The molecule has 1 atom stereocenters. The van der Waals surface area contributed by atoms with Crippen molar-refractivity contribution in [1.29, 1.82) is 0 Å². The number of halogens is 2. The summed E-state index contributed by atoms with van der Waals surface area (Å²) in [6, 6.07) is 3.13. The van der Waals surface area contributed by atoms with Crippen molar-refractivity contribution in [3.8, 4) is 0 Å². The van der Waals surface area contributed by atoms with Crippen LogP contribution in [0.4, 0.5) is 8.78 Å². The van der Waals surface area contributed by atoms with Crippen LogP contribution < -0.4 is 0 Å². The Bertz CT molecular complexity index is 321. The van der Waals surface area contributed by atoms with Crippen LogP contribution in [0, 0.1) is 11.6 Å². The lowest BCUT2D eigenvalue weighted by molar-refractivity contribution is 0.0429. The van der Waals surface area contributed by atoms with Gasteiger partial charge in [-0.15, -0.1) is 0 Å². The normalized spacial score (nSPS) is 15.2. The second-order valence-electron chi connectivity index (χ2n) is 3.65. The number of hydrogen-bond acceptors (Lipinski definition) is 1. The Kier molecular flexibility index (Phi) is 3.21. The molecule has 1 aromatic carbocycles. The van der Waals surface area contributed by atoms with Gasteiger partial charge in [-0.05, 0) is 31.5 Å². The van der Waals surface area contributed by atoms with Gasteiger partial charge in [0.05, 0.1) is 5.60 Å². The van der Waals surface area contributed by atoms with Gasteiger partial charge in [0.15, 0.2) is 0 Å². The van der Waals surface area contributed by atoms with Gasteiger partial charge in [0.1, 0.15) is 11.6 Å². The number of hydrogen-bond donors (Lipinski definition) is 1. The van der Waals surface area contributed by atoms with E-state index in [-0.39, 0.29) is 5.56 Å². The smallest absolute Gasteiger partial charge is 0.129 e. The fraction of sp³-hybridized carbons (Fsp3) is 0.455. The molecule has 1 rings (SSSR count). The molecule has 0 fully saturated rings. The zero-order valence-corrected chi connectivity index (χ0v) is 8.35. The first-order valence-corrected chi connectivity index (χ1v) is 4.65. The summed E-state index contributed by atoms with van der Waals surface area (Å²) in [6.45, 7) is 3.38. The molecule has 1 unspecified atom stereocenters. The average Bonchev–Trinajstić information content (AvgIpc) is 2.09. The van der Waals surface area contributed by atoms with Crippen LogP contribution in [0.3, 0.4) is 0 Å². The first-order chi connectivity index (χ1) is 6.47. The van der Waals surface area contributed by atoms with E-state index in [1.165, 1.54) is 6.92 Å². The second kappa shape index (κ2) is 4.05. The highest BCUT2D eigenvalue weighted by Gasteiger charge is 2.25. The Morgan fingerprint density at radius 3 is 2.57 bits per heavy atom. The summed E-state index contributed by atoms with van der Waals surface area (Å²) in [4.78, 5) is 0. The van der Waals surface area contributed by atoms with Gasteiger partial charge in [-0.25, -0.2) is 8.78 Å². The zero-order chi connectivity index (χ0) is 10.8. The topological polar surface area (TPSA) is 20.2 Å². The largest absolute Gasteiger partial charge is 0.385 e. The van der Waals surface area contributed by atoms with E-state index in [1.807, 2.05) is 6.92 Å². The van der Waals surface area contributed by atoms with Gasteiger partial charge in [0, 0.05) is 5.56 Å². The number of benzene rings is 1. The molecule has 0 saturated heterocycles. The van der Waals surface area contributed by atoms with Crippen molar-refractivity contribution in [2.45, 2.75) is 32.3 Å². The molecule has 0 spiro atoms. The molecular weight excluding hydrogens is 186 g/mol. The lowest BCUT2D eigenvalue weighted by Gasteiger charge is -2.23. The van der Waals surface area contributed by atoms with Gasteiger partial charge in [-0.3, -0.25) is 0 Å². The molecule has 0 aliphatic carbocycles. The van der Waals surface area contributed by atoms with Crippen LogP contribution in [0.25, 0.3) is 0 Å². The van der Waals surface area contributed by atoms with Crippen molar-refractivity contribution in [3.05, 3.63) is 35.4 Å². The van der Waals surface area contributed by atoms with Gasteiger partial charge in [-0.2, -0.15) is 0 Å². The first-order valence-electron chi connectivity index (χ1n) is 4.65. The fourth-order valence-corrected chi connectivity index (χ4v) is 1.53. The third-order valence-electron chi connectivity index (χ3n) is 2.25. The van der Waals surface area contributed by atoms with Crippen molar-refractivity contribution in [3.63, 3.8) is 0 Å². The molecule has 1 aromatic rings. The minimum atomic E-state index is -1.29. The Morgan fingerprint density at radius 1 is 1.36 bits per heavy atom. The van der Waals surface area contributed by atoms with Gasteiger partial charge >= 0.3 is 0 Å². The van der Waals surface area contributed by atoms with Gasteiger partial charge in [0.2, 0.25) is 0 Å². The van der Waals surface area contributed by atoms with Crippen LogP contribution in [0.2, 0.25) is 0 Å². The van der Waals surface area contributed by atoms with Crippen LogP contribution >= 0.6 is 0 Å². The molecule has 0 aliphatic heterocycles. The average molecular weight is 200 g/mol. The minimum Gasteiger partial charge on any atom is -0.385 e. The zero-order valence-electron chi connectivity index (χ0n) is 8.35. The summed E-state index contributed by atoms with van der Waals surface area (Å²) in [7, 11) is 0. The van der Waals surface area contributed by atoms with Crippen LogP contribution in [0.5, 0.6) is 0 Å². The highest BCUT2D eigenvalue weighted by Crippen LogP contribution is 2.28. The predicted octanol–water partition coefficient (Wildman–Crippen LogP) is 2.97. The Labute approximate surface area is 82.4 Å². The second-order valence-corrected chi connectivity index (χ2v) is 3.65. The highest BCUT2D eigenvalue weighted by atomic mass is 19.1. The van der Waals surface area contributed by atoms with Gasteiger partial charge in [0.25, 0.3) is 0 Å². The molecule has 14 heavy (non-hydrogen) atoms. The van der Waals surface area contributed by atoms with Crippen molar-refractivity contribution < 1.29 is 13.9 Å². The van der Waals surface area contributed by atoms with Crippen molar-refractivity contribution >= 4 is 0 Å². The summed E-state index contributed by atoms with van der Waals surface area (Å²) in [5, 5.41) is 9.88. The first kappa shape index (κ1) is 11.1. The van der Waals surface area contributed by atoms with E-state index in [4.69, 9.17) is 0 Å². The molecule has 0 amide bonds. The van der Waals surface area contributed by atoms with Crippen LogP contribution in [-0.2, 0) is 5.60 Å². The lowest BCUT2D eigenvalue weighted by atomic mass is 9.91. The minimum absolute atomic E-state index is 0.0272. The van der Waals surface area contributed by atoms with E-state index in [1.54, 1.807) is 0 Å². The molecule has 0 aliphatic rings. The van der Waals surface area contributed by atoms with Crippen molar-refractivity contribution in [2.24, 2.45) is 0 Å². The number of rotatable bonds is 3. The van der Waals surface area contributed by atoms with Gasteiger partial charge < -0.3 is 5.11 Å². The van der Waals surface area contributed by atoms with Crippen LogP contribution in [0.1, 0.15) is 32.3 Å². The molecule has 0 aromatic heterocycles. The summed E-state index contributed by atoms with van der Waals surface area (Å²) < 4.78 is 26.1. The molecule has 78 valence electrons. The molecular formula is C11H14F2O. The summed E-state index contributed by atoms with van der Waals surface area (Å²) in [5.74, 6) is -1.09. The summed E-state index contributed by atoms with van der Waals surface area (Å²) in [6.07, 6.45) is 1.12. The quantitative estimate of drug-likeness (QED) is 0.795. The van der Waals surface area contributed by atoms with E-state index >= 15 is 0 Å². The maximum Gasteiger partial charge on any atom is 0.129 e. The van der Waals surface area contributed by atoms with Crippen molar-refractivity contribution in [1.82, 2.24) is 0 Å². The lowest BCUT2D eigenvalue weighted by Crippen LogP contribution is -2.22. The summed E-state index contributed by atoms with van der Waals surface area (Å²) in [5.41, 5.74) is -1.26. The van der Waals surface area contributed by atoms with E-state index < -0.39 is 17.2 Å². The standard InChI is InChI=1S/C11H14F2O/c1-3-6-11(2,14)9-7-8(12)4-5-10(9)13/h4-5,7,14H,3,6H2,1-2H3. The molecule has 1 N–H and O–H groups in total. The monoisotopic (exact) mass is 200 g/mol. The van der Waals surface area contributed by atoms with E-state index in [2.05, 4.69) is 0 Å². The fourth-order valence-electron chi connectivity index (χ4n) is 1.53. The molecule has 0 radical (unpaired) electrons. The molecule has 0 heterocycles. The Balaban J connectivity index is 3.10. The van der Waals surface area contributed by atoms with Crippen LogP contribution in [-0.4, -0.2) is 5.11 Å².